The zero-order valence-electron chi connectivity index (χ0n) is 12.5. The van der Waals surface area contributed by atoms with E-state index in [4.69, 9.17) is 4.74 Å². The minimum atomic E-state index is 0.160. The third-order valence-electron chi connectivity index (χ3n) is 4.75. The van der Waals surface area contributed by atoms with E-state index >= 15 is 0 Å². The number of carbonyl (C=O) groups excluding carboxylic acids is 1. The van der Waals surface area contributed by atoms with Crippen LogP contribution in [0.3, 0.4) is 0 Å². The molecule has 0 bridgehead atoms. The molecule has 0 aromatic carbocycles. The van der Waals surface area contributed by atoms with E-state index in [9.17, 15) is 4.79 Å². The Morgan fingerprint density at radius 3 is 2.71 bits per heavy atom. The van der Waals surface area contributed by atoms with E-state index < -0.39 is 0 Å². The first-order chi connectivity index (χ1) is 10.3. The third kappa shape index (κ3) is 3.82. The highest BCUT2D eigenvalue weighted by Gasteiger charge is 2.31. The van der Waals surface area contributed by atoms with Crippen LogP contribution < -0.4 is 5.32 Å². The van der Waals surface area contributed by atoms with Crippen molar-refractivity contribution in [3.05, 3.63) is 30.1 Å². The van der Waals surface area contributed by atoms with Gasteiger partial charge in [-0.2, -0.15) is 0 Å². The Morgan fingerprint density at radius 2 is 1.95 bits per heavy atom. The first kappa shape index (κ1) is 14.5. The number of hydrogen-bond donors (Lipinski definition) is 1. The lowest BCUT2D eigenvalue weighted by molar-refractivity contribution is -0.126. The summed E-state index contributed by atoms with van der Waals surface area (Å²) in [4.78, 5) is 16.4. The molecule has 0 unspecified atom stereocenters. The number of nitrogens with zero attached hydrogens (tertiary/aromatic N) is 1. The summed E-state index contributed by atoms with van der Waals surface area (Å²) in [6.07, 6.45) is 10.4. The van der Waals surface area contributed by atoms with E-state index in [1.54, 1.807) is 0 Å². The lowest BCUT2D eigenvalue weighted by Crippen LogP contribution is -2.43. The SMILES string of the molecule is O=C(N[C@H]1COC[C@H]1Cc1ccncc1)C1CCCCC1. The monoisotopic (exact) mass is 288 g/mol. The molecule has 2 aliphatic rings. The van der Waals surface area contributed by atoms with Crippen LogP contribution in [0.15, 0.2) is 24.5 Å². The maximum atomic E-state index is 12.4. The Balaban J connectivity index is 1.55. The van der Waals surface area contributed by atoms with E-state index in [0.717, 1.165) is 25.9 Å². The van der Waals surface area contributed by atoms with Crippen LogP contribution in [-0.4, -0.2) is 30.1 Å². The maximum Gasteiger partial charge on any atom is 0.223 e. The number of amides is 1. The smallest absolute Gasteiger partial charge is 0.223 e. The molecule has 2 heterocycles. The van der Waals surface area contributed by atoms with Crippen LogP contribution >= 0.6 is 0 Å². The number of ether oxygens (including phenoxy) is 1. The zero-order chi connectivity index (χ0) is 14.5. The van der Waals surface area contributed by atoms with Crippen LogP contribution in [0.1, 0.15) is 37.7 Å². The number of carbonyl (C=O) groups is 1. The van der Waals surface area contributed by atoms with Crippen molar-refractivity contribution in [3.63, 3.8) is 0 Å². The van der Waals surface area contributed by atoms with E-state index in [-0.39, 0.29) is 17.9 Å². The molecule has 1 amide bonds. The third-order valence-corrected chi connectivity index (χ3v) is 4.75. The molecule has 114 valence electrons. The molecule has 0 radical (unpaired) electrons. The van der Waals surface area contributed by atoms with Gasteiger partial charge in [0, 0.05) is 24.2 Å². The van der Waals surface area contributed by atoms with Crippen molar-refractivity contribution >= 4 is 5.91 Å². The summed E-state index contributed by atoms with van der Waals surface area (Å²) < 4.78 is 5.60. The number of aromatic nitrogens is 1. The summed E-state index contributed by atoms with van der Waals surface area (Å²) in [5.74, 6) is 0.839. The van der Waals surface area contributed by atoms with Gasteiger partial charge in [0.15, 0.2) is 0 Å². The molecule has 1 saturated heterocycles. The molecular formula is C17H24N2O2. The number of pyridine rings is 1. The predicted molar refractivity (Wildman–Crippen MR) is 80.8 cm³/mol. The van der Waals surface area contributed by atoms with Crippen LogP contribution in [-0.2, 0) is 16.0 Å². The van der Waals surface area contributed by atoms with Gasteiger partial charge in [-0.15, -0.1) is 0 Å². The summed E-state index contributed by atoms with van der Waals surface area (Å²) in [6.45, 7) is 1.38. The minimum absolute atomic E-state index is 0.160. The molecule has 1 aliphatic heterocycles. The molecule has 1 aromatic heterocycles. The molecule has 4 heteroatoms. The quantitative estimate of drug-likeness (QED) is 0.925. The molecule has 3 rings (SSSR count). The highest BCUT2D eigenvalue weighted by molar-refractivity contribution is 5.79. The Bertz CT molecular complexity index is 457. The van der Waals surface area contributed by atoms with Crippen molar-refractivity contribution in [3.8, 4) is 0 Å². The van der Waals surface area contributed by atoms with Crippen molar-refractivity contribution < 1.29 is 9.53 Å². The fraction of sp³-hybridized carbons (Fsp3) is 0.647. The van der Waals surface area contributed by atoms with Gasteiger partial charge in [0.1, 0.15) is 0 Å². The second-order valence-electron chi connectivity index (χ2n) is 6.31. The van der Waals surface area contributed by atoms with Crippen LogP contribution in [0.25, 0.3) is 0 Å². The summed E-state index contributed by atoms with van der Waals surface area (Å²) in [5, 5.41) is 3.24. The minimum Gasteiger partial charge on any atom is -0.379 e. The number of rotatable bonds is 4. The fourth-order valence-corrected chi connectivity index (χ4v) is 3.45. The highest BCUT2D eigenvalue weighted by Crippen LogP contribution is 2.25. The molecule has 2 atom stereocenters. The lowest BCUT2D eigenvalue weighted by atomic mass is 9.88. The molecular weight excluding hydrogens is 264 g/mol. The van der Waals surface area contributed by atoms with Gasteiger partial charge in [0.25, 0.3) is 0 Å². The van der Waals surface area contributed by atoms with Gasteiger partial charge in [-0.05, 0) is 37.0 Å². The van der Waals surface area contributed by atoms with E-state index in [2.05, 4.69) is 10.3 Å². The Morgan fingerprint density at radius 1 is 1.19 bits per heavy atom. The molecule has 4 nitrogen and oxygen atoms in total. The highest BCUT2D eigenvalue weighted by atomic mass is 16.5. The fourth-order valence-electron chi connectivity index (χ4n) is 3.45. The molecule has 1 aliphatic carbocycles. The number of nitrogens with one attached hydrogen (secondary N) is 1. The van der Waals surface area contributed by atoms with E-state index in [0.29, 0.717) is 12.5 Å². The summed E-state index contributed by atoms with van der Waals surface area (Å²) in [5.41, 5.74) is 1.26. The second-order valence-corrected chi connectivity index (χ2v) is 6.31. The van der Waals surface area contributed by atoms with Gasteiger partial charge in [-0.3, -0.25) is 9.78 Å². The van der Waals surface area contributed by atoms with Gasteiger partial charge in [0.05, 0.1) is 19.3 Å². The molecule has 1 N–H and O–H groups in total. The summed E-state index contributed by atoms with van der Waals surface area (Å²) in [7, 11) is 0. The second kappa shape index (κ2) is 7.03. The average Bonchev–Trinajstić information content (AvgIpc) is 2.96. The normalized spacial score (nSPS) is 26.7. The zero-order valence-corrected chi connectivity index (χ0v) is 12.5. The van der Waals surface area contributed by atoms with Crippen LogP contribution in [0.5, 0.6) is 0 Å². The molecule has 1 saturated carbocycles. The standard InChI is InChI=1S/C17H24N2O2/c20-17(14-4-2-1-3-5-14)19-16-12-21-11-15(16)10-13-6-8-18-9-7-13/h6-9,14-16H,1-5,10-12H2,(H,19,20)/t15-,16+/m1/s1. The van der Waals surface area contributed by atoms with Crippen molar-refractivity contribution in [1.29, 1.82) is 0 Å². The van der Waals surface area contributed by atoms with E-state index in [1.807, 2.05) is 24.5 Å². The average molecular weight is 288 g/mol. The van der Waals surface area contributed by atoms with Crippen molar-refractivity contribution in [2.75, 3.05) is 13.2 Å². The Labute approximate surface area is 126 Å². The lowest BCUT2D eigenvalue weighted by Gasteiger charge is -2.25. The van der Waals surface area contributed by atoms with Crippen molar-refractivity contribution in [2.45, 2.75) is 44.6 Å². The van der Waals surface area contributed by atoms with Gasteiger partial charge < -0.3 is 10.1 Å². The molecule has 0 spiro atoms. The van der Waals surface area contributed by atoms with Gasteiger partial charge in [0.2, 0.25) is 5.91 Å². The molecule has 21 heavy (non-hydrogen) atoms. The predicted octanol–water partition coefficient (Wildman–Crippen LogP) is 2.34. The Hall–Kier alpha value is -1.42. The van der Waals surface area contributed by atoms with Crippen molar-refractivity contribution in [1.82, 2.24) is 10.3 Å². The topological polar surface area (TPSA) is 51.2 Å². The van der Waals surface area contributed by atoms with Crippen LogP contribution in [0.2, 0.25) is 0 Å². The summed E-state index contributed by atoms with van der Waals surface area (Å²) >= 11 is 0. The molecule has 2 fully saturated rings. The maximum absolute atomic E-state index is 12.4. The largest absolute Gasteiger partial charge is 0.379 e. The van der Waals surface area contributed by atoms with Gasteiger partial charge >= 0.3 is 0 Å². The molecule has 1 aromatic rings. The van der Waals surface area contributed by atoms with E-state index in [1.165, 1.54) is 24.8 Å². The van der Waals surface area contributed by atoms with Gasteiger partial charge in [-0.25, -0.2) is 0 Å². The van der Waals surface area contributed by atoms with Crippen LogP contribution in [0.4, 0.5) is 0 Å². The first-order valence-electron chi connectivity index (χ1n) is 8.10. The van der Waals surface area contributed by atoms with Crippen molar-refractivity contribution in [2.24, 2.45) is 11.8 Å². The van der Waals surface area contributed by atoms with Crippen LogP contribution in [0, 0.1) is 11.8 Å². The van der Waals surface area contributed by atoms with Gasteiger partial charge in [-0.1, -0.05) is 19.3 Å². The number of hydrogen-bond acceptors (Lipinski definition) is 3. The summed E-state index contributed by atoms with van der Waals surface area (Å²) in [6, 6.07) is 4.24. The Kier molecular flexibility index (Phi) is 4.86. The first-order valence-corrected chi connectivity index (χ1v) is 8.10.